The fourth-order valence-corrected chi connectivity index (χ4v) is 3.01. The van der Waals surface area contributed by atoms with E-state index < -0.39 is 0 Å². The van der Waals surface area contributed by atoms with E-state index in [9.17, 15) is 0 Å². The SMILES string of the molecule is Cc1cc(/C(N)=N/O)ccc1CN1CCC(C(C)(C)C)C1. The van der Waals surface area contributed by atoms with E-state index in [0.717, 1.165) is 18.0 Å². The average Bonchev–Trinajstić information content (AvgIpc) is 2.88. The third-order valence-electron chi connectivity index (χ3n) is 4.64. The monoisotopic (exact) mass is 289 g/mol. The molecule has 1 unspecified atom stereocenters. The average molecular weight is 289 g/mol. The Morgan fingerprint density at radius 2 is 2.14 bits per heavy atom. The summed E-state index contributed by atoms with van der Waals surface area (Å²) in [6.07, 6.45) is 1.28. The summed E-state index contributed by atoms with van der Waals surface area (Å²) in [7, 11) is 0. The van der Waals surface area contributed by atoms with Crippen molar-refractivity contribution in [1.82, 2.24) is 4.90 Å². The minimum Gasteiger partial charge on any atom is -0.409 e. The number of aryl methyl sites for hydroxylation is 1. The first kappa shape index (κ1) is 15.8. The molecule has 1 saturated heterocycles. The van der Waals surface area contributed by atoms with Gasteiger partial charge in [-0.15, -0.1) is 0 Å². The maximum Gasteiger partial charge on any atom is 0.170 e. The molecule has 3 N–H and O–H groups in total. The molecule has 0 bridgehead atoms. The summed E-state index contributed by atoms with van der Waals surface area (Å²) in [6, 6.07) is 6.00. The third-order valence-corrected chi connectivity index (χ3v) is 4.64. The molecule has 0 saturated carbocycles. The van der Waals surface area contributed by atoms with Gasteiger partial charge in [-0.1, -0.05) is 38.1 Å². The summed E-state index contributed by atoms with van der Waals surface area (Å²) in [5, 5.41) is 11.8. The van der Waals surface area contributed by atoms with E-state index >= 15 is 0 Å². The van der Waals surface area contributed by atoms with Crippen LogP contribution in [0.3, 0.4) is 0 Å². The molecule has 1 heterocycles. The summed E-state index contributed by atoms with van der Waals surface area (Å²) in [6.45, 7) is 12.4. The van der Waals surface area contributed by atoms with Gasteiger partial charge >= 0.3 is 0 Å². The van der Waals surface area contributed by atoms with Crippen LogP contribution in [0.4, 0.5) is 0 Å². The normalized spacial score (nSPS) is 21.0. The largest absolute Gasteiger partial charge is 0.409 e. The first-order chi connectivity index (χ1) is 9.81. The van der Waals surface area contributed by atoms with Crippen LogP contribution in [-0.2, 0) is 6.54 Å². The van der Waals surface area contributed by atoms with E-state index in [1.165, 1.54) is 30.6 Å². The molecular formula is C17H27N3O. The van der Waals surface area contributed by atoms with E-state index in [0.29, 0.717) is 5.41 Å². The van der Waals surface area contributed by atoms with Crippen molar-refractivity contribution in [3.8, 4) is 0 Å². The molecule has 116 valence electrons. The van der Waals surface area contributed by atoms with E-state index in [2.05, 4.69) is 43.8 Å². The smallest absolute Gasteiger partial charge is 0.170 e. The zero-order valence-corrected chi connectivity index (χ0v) is 13.6. The number of amidine groups is 1. The van der Waals surface area contributed by atoms with Crippen LogP contribution in [0.25, 0.3) is 0 Å². The van der Waals surface area contributed by atoms with Crippen molar-refractivity contribution in [3.63, 3.8) is 0 Å². The highest BCUT2D eigenvalue weighted by atomic mass is 16.4. The summed E-state index contributed by atoms with van der Waals surface area (Å²) < 4.78 is 0. The van der Waals surface area contributed by atoms with Crippen molar-refractivity contribution in [3.05, 3.63) is 34.9 Å². The molecule has 1 aliphatic rings. The maximum absolute atomic E-state index is 8.74. The topological polar surface area (TPSA) is 61.9 Å². The second-order valence-corrected chi connectivity index (χ2v) is 7.21. The Balaban J connectivity index is 2.05. The van der Waals surface area contributed by atoms with Gasteiger partial charge in [-0.2, -0.15) is 0 Å². The number of rotatable bonds is 3. The minimum absolute atomic E-state index is 0.165. The molecule has 0 aromatic heterocycles. The molecule has 0 radical (unpaired) electrons. The Labute approximate surface area is 127 Å². The molecule has 1 atom stereocenters. The van der Waals surface area contributed by atoms with Gasteiger partial charge in [0.2, 0.25) is 0 Å². The number of nitrogens with zero attached hydrogens (tertiary/aromatic N) is 2. The second kappa shape index (κ2) is 6.06. The van der Waals surface area contributed by atoms with Gasteiger partial charge in [0.05, 0.1) is 0 Å². The maximum atomic E-state index is 8.74. The van der Waals surface area contributed by atoms with Crippen molar-refractivity contribution in [1.29, 1.82) is 0 Å². The van der Waals surface area contributed by atoms with Gasteiger partial charge in [-0.3, -0.25) is 4.90 Å². The quantitative estimate of drug-likeness (QED) is 0.389. The van der Waals surface area contributed by atoms with Gasteiger partial charge in [0.15, 0.2) is 5.84 Å². The van der Waals surface area contributed by atoms with E-state index in [4.69, 9.17) is 10.9 Å². The lowest BCUT2D eigenvalue weighted by Crippen LogP contribution is -2.26. The van der Waals surface area contributed by atoms with Gasteiger partial charge in [0, 0.05) is 18.7 Å². The standard InChI is InChI=1S/C17H27N3O/c1-12-9-13(16(18)19-21)5-6-14(12)10-20-8-7-15(11-20)17(2,3)4/h5-6,9,15,21H,7-8,10-11H2,1-4H3,(H2,18,19). The minimum atomic E-state index is 0.165. The number of oxime groups is 1. The number of hydrogen-bond donors (Lipinski definition) is 2. The van der Waals surface area contributed by atoms with Crippen molar-refractivity contribution in [2.45, 2.75) is 40.7 Å². The zero-order valence-electron chi connectivity index (χ0n) is 13.6. The lowest BCUT2D eigenvalue weighted by Gasteiger charge is -2.27. The Morgan fingerprint density at radius 1 is 1.43 bits per heavy atom. The van der Waals surface area contributed by atoms with Crippen molar-refractivity contribution >= 4 is 5.84 Å². The molecule has 0 amide bonds. The highest BCUT2D eigenvalue weighted by Gasteiger charge is 2.31. The Morgan fingerprint density at radius 3 is 2.67 bits per heavy atom. The molecular weight excluding hydrogens is 262 g/mol. The van der Waals surface area contributed by atoms with Crippen LogP contribution in [-0.4, -0.2) is 29.0 Å². The van der Waals surface area contributed by atoms with Crippen molar-refractivity contribution in [2.24, 2.45) is 22.2 Å². The Hall–Kier alpha value is -1.55. The number of likely N-dealkylation sites (tertiary alicyclic amines) is 1. The first-order valence-electron chi connectivity index (χ1n) is 7.61. The molecule has 1 fully saturated rings. The summed E-state index contributed by atoms with van der Waals surface area (Å²) in [5.41, 5.74) is 9.30. The molecule has 0 spiro atoms. The Bertz CT molecular complexity index is 531. The fraction of sp³-hybridized carbons (Fsp3) is 0.588. The zero-order chi connectivity index (χ0) is 15.6. The summed E-state index contributed by atoms with van der Waals surface area (Å²) in [4.78, 5) is 2.53. The van der Waals surface area contributed by atoms with Crippen LogP contribution in [0, 0.1) is 18.3 Å². The summed E-state index contributed by atoms with van der Waals surface area (Å²) in [5.74, 6) is 0.938. The highest BCUT2D eigenvalue weighted by molar-refractivity contribution is 5.97. The lowest BCUT2D eigenvalue weighted by molar-refractivity contribution is 0.226. The van der Waals surface area contributed by atoms with Crippen LogP contribution in [0.1, 0.15) is 43.9 Å². The third kappa shape index (κ3) is 3.76. The molecule has 4 heteroatoms. The Kier molecular flexibility index (Phi) is 4.57. The molecule has 2 rings (SSSR count). The lowest BCUT2D eigenvalue weighted by atomic mass is 9.80. The van der Waals surface area contributed by atoms with Gasteiger partial charge in [0.25, 0.3) is 0 Å². The molecule has 4 nitrogen and oxygen atoms in total. The summed E-state index contributed by atoms with van der Waals surface area (Å²) >= 11 is 0. The number of benzene rings is 1. The fourth-order valence-electron chi connectivity index (χ4n) is 3.01. The van der Waals surface area contributed by atoms with E-state index in [-0.39, 0.29) is 5.84 Å². The molecule has 1 aromatic rings. The van der Waals surface area contributed by atoms with Gasteiger partial charge < -0.3 is 10.9 Å². The van der Waals surface area contributed by atoms with Crippen LogP contribution in [0.15, 0.2) is 23.4 Å². The first-order valence-corrected chi connectivity index (χ1v) is 7.61. The molecule has 0 aliphatic carbocycles. The van der Waals surface area contributed by atoms with Crippen molar-refractivity contribution in [2.75, 3.05) is 13.1 Å². The molecule has 21 heavy (non-hydrogen) atoms. The predicted molar refractivity (Wildman–Crippen MR) is 86.5 cm³/mol. The number of nitrogens with two attached hydrogens (primary N) is 1. The number of hydrogen-bond acceptors (Lipinski definition) is 3. The van der Waals surface area contributed by atoms with Crippen LogP contribution in [0.2, 0.25) is 0 Å². The van der Waals surface area contributed by atoms with E-state index in [1.54, 1.807) is 0 Å². The van der Waals surface area contributed by atoms with Gasteiger partial charge in [0.1, 0.15) is 0 Å². The highest BCUT2D eigenvalue weighted by Crippen LogP contribution is 2.34. The van der Waals surface area contributed by atoms with Crippen LogP contribution < -0.4 is 5.73 Å². The van der Waals surface area contributed by atoms with Crippen molar-refractivity contribution < 1.29 is 5.21 Å². The predicted octanol–water partition coefficient (Wildman–Crippen LogP) is 2.96. The molecule has 1 aromatic carbocycles. The van der Waals surface area contributed by atoms with Crippen LogP contribution in [0.5, 0.6) is 0 Å². The van der Waals surface area contributed by atoms with Crippen LogP contribution >= 0.6 is 0 Å². The van der Waals surface area contributed by atoms with E-state index in [1.807, 2.05) is 12.1 Å². The molecule has 1 aliphatic heterocycles. The van der Waals surface area contributed by atoms with Gasteiger partial charge in [-0.25, -0.2) is 0 Å². The second-order valence-electron chi connectivity index (χ2n) is 7.21. The van der Waals surface area contributed by atoms with Gasteiger partial charge in [-0.05, 0) is 48.4 Å².